The van der Waals surface area contributed by atoms with Crippen molar-refractivity contribution in [3.63, 3.8) is 0 Å². The lowest BCUT2D eigenvalue weighted by molar-refractivity contribution is 0.281. The van der Waals surface area contributed by atoms with E-state index in [9.17, 15) is 5.11 Å². The molecule has 0 atom stereocenters. The van der Waals surface area contributed by atoms with Crippen LogP contribution in [0.1, 0.15) is 16.7 Å². The summed E-state index contributed by atoms with van der Waals surface area (Å²) >= 11 is 0. The van der Waals surface area contributed by atoms with Gasteiger partial charge >= 0.3 is 0 Å². The van der Waals surface area contributed by atoms with Crippen molar-refractivity contribution in [3.05, 3.63) is 53.1 Å². The maximum Gasteiger partial charge on any atom is 0.119 e. The van der Waals surface area contributed by atoms with Crippen LogP contribution in [0.4, 0.5) is 11.4 Å². The number of benzene rings is 2. The predicted octanol–water partition coefficient (Wildman–Crippen LogP) is 2.53. The minimum atomic E-state index is 0.0983. The van der Waals surface area contributed by atoms with Gasteiger partial charge in [-0.2, -0.15) is 0 Å². The van der Waals surface area contributed by atoms with E-state index in [-0.39, 0.29) is 6.61 Å². The molecule has 0 aromatic heterocycles. The number of rotatable bonds is 2. The summed E-state index contributed by atoms with van der Waals surface area (Å²) in [6, 6.07) is 12.7. The number of anilines is 2. The van der Waals surface area contributed by atoms with Gasteiger partial charge in [0.25, 0.3) is 0 Å². The lowest BCUT2D eigenvalue weighted by Gasteiger charge is -2.28. The quantitative estimate of drug-likeness (QED) is 0.924. The highest BCUT2D eigenvalue weighted by Gasteiger charge is 2.26. The fourth-order valence-electron chi connectivity index (χ4n) is 3.52. The van der Waals surface area contributed by atoms with Gasteiger partial charge in [-0.25, -0.2) is 0 Å². The molecule has 2 heterocycles. The Morgan fingerprint density at radius 3 is 2.23 bits per heavy atom. The largest absolute Gasteiger partial charge is 0.497 e. The van der Waals surface area contributed by atoms with E-state index in [0.29, 0.717) is 0 Å². The van der Waals surface area contributed by atoms with Gasteiger partial charge in [0.1, 0.15) is 5.75 Å². The molecule has 2 aromatic carbocycles. The maximum atomic E-state index is 9.39. The monoisotopic (exact) mass is 296 g/mol. The van der Waals surface area contributed by atoms with E-state index >= 15 is 0 Å². The van der Waals surface area contributed by atoms with Crippen molar-refractivity contribution >= 4 is 11.4 Å². The van der Waals surface area contributed by atoms with Crippen molar-refractivity contribution in [2.45, 2.75) is 19.7 Å². The zero-order chi connectivity index (χ0) is 15.1. The Balaban J connectivity index is 1.81. The Kier molecular flexibility index (Phi) is 3.19. The molecule has 22 heavy (non-hydrogen) atoms. The summed E-state index contributed by atoms with van der Waals surface area (Å²) in [5, 5.41) is 9.39. The standard InChI is InChI=1S/C18H20N2O2/c1-22-16-3-5-18-15(9-16)11-20-7-6-19(18)10-14-8-13(12-21)2-4-17(14)20/h2-5,8-9,21H,6-7,10-12H2,1H3. The smallest absolute Gasteiger partial charge is 0.119 e. The second-order valence-corrected chi connectivity index (χ2v) is 5.96. The Labute approximate surface area is 130 Å². The molecular formula is C18H20N2O2. The van der Waals surface area contributed by atoms with Crippen molar-refractivity contribution in [1.82, 2.24) is 0 Å². The van der Waals surface area contributed by atoms with Gasteiger partial charge in [-0.3, -0.25) is 0 Å². The van der Waals surface area contributed by atoms with E-state index in [1.165, 1.54) is 22.5 Å². The molecule has 4 heteroatoms. The summed E-state index contributed by atoms with van der Waals surface area (Å²) < 4.78 is 5.38. The van der Waals surface area contributed by atoms with Crippen molar-refractivity contribution < 1.29 is 9.84 Å². The average Bonchev–Trinajstić information content (AvgIpc) is 2.84. The van der Waals surface area contributed by atoms with Crippen LogP contribution in [0.15, 0.2) is 36.4 Å². The highest BCUT2D eigenvalue weighted by molar-refractivity contribution is 5.66. The summed E-state index contributed by atoms with van der Waals surface area (Å²) in [6.07, 6.45) is 0. The van der Waals surface area contributed by atoms with E-state index in [2.05, 4.69) is 34.1 Å². The lowest BCUT2D eigenvalue weighted by Crippen LogP contribution is -2.26. The molecule has 2 aromatic rings. The fraction of sp³-hybridized carbons (Fsp3) is 0.333. The first kappa shape index (κ1) is 13.5. The SMILES string of the molecule is COc1ccc2c(c1)CN1CCN2Cc2cc(CO)ccc21. The summed E-state index contributed by atoms with van der Waals surface area (Å²) in [5.41, 5.74) is 6.17. The zero-order valence-corrected chi connectivity index (χ0v) is 12.7. The first-order chi connectivity index (χ1) is 10.8. The zero-order valence-electron chi connectivity index (χ0n) is 12.7. The second kappa shape index (κ2) is 5.21. The highest BCUT2D eigenvalue weighted by Crippen LogP contribution is 2.37. The third kappa shape index (κ3) is 2.11. The van der Waals surface area contributed by atoms with E-state index < -0.39 is 0 Å². The Morgan fingerprint density at radius 2 is 1.59 bits per heavy atom. The first-order valence-electron chi connectivity index (χ1n) is 7.68. The van der Waals surface area contributed by atoms with Gasteiger partial charge in [0.05, 0.1) is 13.7 Å². The minimum absolute atomic E-state index is 0.0983. The molecule has 2 aliphatic rings. The highest BCUT2D eigenvalue weighted by atomic mass is 16.5. The molecule has 0 aliphatic carbocycles. The van der Waals surface area contributed by atoms with Gasteiger partial charge < -0.3 is 19.6 Å². The predicted molar refractivity (Wildman–Crippen MR) is 87.5 cm³/mol. The molecule has 0 spiro atoms. The van der Waals surface area contributed by atoms with Crippen LogP contribution in [-0.4, -0.2) is 25.3 Å². The van der Waals surface area contributed by atoms with Crippen molar-refractivity contribution in [2.75, 3.05) is 30.0 Å². The topological polar surface area (TPSA) is 35.9 Å². The fourth-order valence-corrected chi connectivity index (χ4v) is 3.52. The molecule has 0 saturated heterocycles. The summed E-state index contributed by atoms with van der Waals surface area (Å²) in [4.78, 5) is 4.86. The summed E-state index contributed by atoms with van der Waals surface area (Å²) in [7, 11) is 1.71. The second-order valence-electron chi connectivity index (χ2n) is 5.96. The number of methoxy groups -OCH3 is 1. The number of ether oxygens (including phenoxy) is 1. The van der Waals surface area contributed by atoms with Gasteiger partial charge in [0.2, 0.25) is 0 Å². The third-order valence-corrected chi connectivity index (χ3v) is 4.66. The number of aliphatic hydroxyl groups excluding tert-OH is 1. The van der Waals surface area contributed by atoms with Crippen LogP contribution >= 0.6 is 0 Å². The van der Waals surface area contributed by atoms with Crippen LogP contribution in [-0.2, 0) is 19.7 Å². The maximum absolute atomic E-state index is 9.39. The number of nitrogens with zero attached hydrogens (tertiary/aromatic N) is 2. The van der Waals surface area contributed by atoms with Crippen molar-refractivity contribution in [1.29, 1.82) is 0 Å². The van der Waals surface area contributed by atoms with Gasteiger partial charge in [0, 0.05) is 37.6 Å². The van der Waals surface area contributed by atoms with Crippen LogP contribution in [0.2, 0.25) is 0 Å². The number of aliphatic hydroxyl groups is 1. The molecule has 4 nitrogen and oxygen atoms in total. The van der Waals surface area contributed by atoms with E-state index in [4.69, 9.17) is 4.74 Å². The van der Waals surface area contributed by atoms with Gasteiger partial charge in [-0.1, -0.05) is 6.07 Å². The Bertz CT molecular complexity index is 653. The number of hydrogen-bond acceptors (Lipinski definition) is 4. The molecule has 114 valence electrons. The molecule has 4 rings (SSSR count). The third-order valence-electron chi connectivity index (χ3n) is 4.66. The van der Waals surface area contributed by atoms with Crippen molar-refractivity contribution in [2.24, 2.45) is 0 Å². The van der Waals surface area contributed by atoms with Crippen LogP contribution in [0, 0.1) is 0 Å². The molecule has 0 radical (unpaired) electrons. The molecule has 0 amide bonds. The van der Waals surface area contributed by atoms with Crippen LogP contribution < -0.4 is 14.5 Å². The lowest BCUT2D eigenvalue weighted by atomic mass is 10.0. The van der Waals surface area contributed by atoms with Gasteiger partial charge in [0.15, 0.2) is 0 Å². The van der Waals surface area contributed by atoms with Crippen LogP contribution in [0.25, 0.3) is 0 Å². The summed E-state index contributed by atoms with van der Waals surface area (Å²) in [6.45, 7) is 3.92. The summed E-state index contributed by atoms with van der Waals surface area (Å²) in [5.74, 6) is 0.914. The van der Waals surface area contributed by atoms with E-state index in [0.717, 1.165) is 37.5 Å². The Morgan fingerprint density at radius 1 is 0.955 bits per heavy atom. The normalized spacial score (nSPS) is 15.9. The molecule has 1 N–H and O–H groups in total. The molecule has 0 saturated carbocycles. The first-order valence-corrected chi connectivity index (χ1v) is 7.68. The molecule has 0 unspecified atom stereocenters. The van der Waals surface area contributed by atoms with Gasteiger partial charge in [-0.05, 0) is 47.0 Å². The van der Waals surface area contributed by atoms with Crippen LogP contribution in [0.3, 0.4) is 0 Å². The Hall–Kier alpha value is -2.20. The van der Waals surface area contributed by atoms with Crippen molar-refractivity contribution in [3.8, 4) is 5.75 Å². The van der Waals surface area contributed by atoms with E-state index in [1.807, 2.05) is 12.1 Å². The average molecular weight is 296 g/mol. The molecular weight excluding hydrogens is 276 g/mol. The number of hydrogen-bond donors (Lipinski definition) is 1. The van der Waals surface area contributed by atoms with Crippen LogP contribution in [0.5, 0.6) is 5.75 Å². The van der Waals surface area contributed by atoms with Gasteiger partial charge in [-0.15, -0.1) is 0 Å². The minimum Gasteiger partial charge on any atom is -0.497 e. The van der Waals surface area contributed by atoms with E-state index in [1.54, 1.807) is 7.11 Å². The molecule has 2 aliphatic heterocycles. The molecule has 2 bridgehead atoms. The number of fused-ring (bicyclic) bond motifs is 7. The molecule has 0 fully saturated rings.